The Bertz CT molecular complexity index is 807. The second kappa shape index (κ2) is 6.41. The van der Waals surface area contributed by atoms with Gasteiger partial charge in [0.2, 0.25) is 5.91 Å². The standard InChI is InChI=1S/C22H29N3O/c26-21-22(12-14-25(21)18-7-2-1-3-8-18)11-6-13-24(22)16-17-15-23-20-10-5-4-9-19(17)20/h4-5,9-10,15,18,23H,1-3,6-8,11-14,16H2. The maximum atomic E-state index is 13.5. The van der Waals surface area contributed by atoms with Gasteiger partial charge in [-0.15, -0.1) is 0 Å². The molecule has 4 heteroatoms. The fraction of sp³-hybridized carbons (Fsp3) is 0.591. The van der Waals surface area contributed by atoms with Gasteiger partial charge in [-0.25, -0.2) is 0 Å². The van der Waals surface area contributed by atoms with Crippen LogP contribution in [0.4, 0.5) is 0 Å². The van der Waals surface area contributed by atoms with Crippen LogP contribution in [0, 0.1) is 0 Å². The average molecular weight is 351 g/mol. The van der Waals surface area contributed by atoms with Crippen molar-refractivity contribution in [2.45, 2.75) is 69.5 Å². The highest BCUT2D eigenvalue weighted by Crippen LogP contribution is 2.42. The van der Waals surface area contributed by atoms with Gasteiger partial charge < -0.3 is 9.88 Å². The van der Waals surface area contributed by atoms with Crippen molar-refractivity contribution in [3.63, 3.8) is 0 Å². The van der Waals surface area contributed by atoms with Crippen molar-refractivity contribution in [3.05, 3.63) is 36.0 Å². The van der Waals surface area contributed by atoms with Crippen molar-refractivity contribution in [1.82, 2.24) is 14.8 Å². The van der Waals surface area contributed by atoms with Gasteiger partial charge in [0, 0.05) is 36.2 Å². The molecule has 1 spiro atoms. The van der Waals surface area contributed by atoms with Gasteiger partial charge in [-0.05, 0) is 50.3 Å². The molecule has 1 aromatic heterocycles. The van der Waals surface area contributed by atoms with E-state index in [4.69, 9.17) is 0 Å². The minimum absolute atomic E-state index is 0.226. The third kappa shape index (κ3) is 2.50. The number of aromatic amines is 1. The third-order valence-corrected chi connectivity index (χ3v) is 7.10. The molecule has 1 aromatic carbocycles. The number of hydrogen-bond donors (Lipinski definition) is 1. The number of amides is 1. The summed E-state index contributed by atoms with van der Waals surface area (Å²) in [6.07, 6.45) is 11.7. The molecule has 0 bridgehead atoms. The summed E-state index contributed by atoms with van der Waals surface area (Å²) in [5, 5.41) is 1.30. The first-order chi connectivity index (χ1) is 12.8. The molecule has 0 radical (unpaired) electrons. The van der Waals surface area contributed by atoms with Crippen LogP contribution >= 0.6 is 0 Å². The molecule has 2 aromatic rings. The number of para-hydroxylation sites is 1. The zero-order valence-electron chi connectivity index (χ0n) is 15.5. The SMILES string of the molecule is O=C1N(C2CCCCC2)CCC12CCCN2Cc1c[nH]c2ccccc12. The number of nitrogens with one attached hydrogen (secondary N) is 1. The Morgan fingerprint density at radius 2 is 1.88 bits per heavy atom. The molecule has 3 heterocycles. The normalized spacial score (nSPS) is 28.0. The Morgan fingerprint density at radius 1 is 1.04 bits per heavy atom. The summed E-state index contributed by atoms with van der Waals surface area (Å²) in [5.74, 6) is 0.432. The molecule has 2 aliphatic heterocycles. The van der Waals surface area contributed by atoms with E-state index >= 15 is 0 Å². The highest BCUT2D eigenvalue weighted by atomic mass is 16.2. The summed E-state index contributed by atoms with van der Waals surface area (Å²) >= 11 is 0. The number of fused-ring (bicyclic) bond motifs is 1. The summed E-state index contributed by atoms with van der Waals surface area (Å²) in [7, 11) is 0. The molecule has 1 unspecified atom stereocenters. The maximum absolute atomic E-state index is 13.5. The Labute approximate surface area is 155 Å². The maximum Gasteiger partial charge on any atom is 0.243 e. The number of aromatic nitrogens is 1. The first kappa shape index (κ1) is 16.4. The van der Waals surface area contributed by atoms with E-state index in [9.17, 15) is 4.79 Å². The van der Waals surface area contributed by atoms with Crippen molar-refractivity contribution in [1.29, 1.82) is 0 Å². The lowest BCUT2D eigenvalue weighted by atomic mass is 9.92. The molecule has 2 saturated heterocycles. The van der Waals surface area contributed by atoms with Gasteiger partial charge in [-0.2, -0.15) is 0 Å². The van der Waals surface area contributed by atoms with E-state index in [2.05, 4.69) is 45.2 Å². The van der Waals surface area contributed by atoms with E-state index in [1.165, 1.54) is 48.6 Å². The molecule has 4 nitrogen and oxygen atoms in total. The Balaban J connectivity index is 1.39. The minimum atomic E-state index is -0.226. The number of carbonyl (C=O) groups excluding carboxylic acids is 1. The van der Waals surface area contributed by atoms with Crippen LogP contribution in [-0.4, -0.2) is 45.4 Å². The topological polar surface area (TPSA) is 39.3 Å². The van der Waals surface area contributed by atoms with Gasteiger partial charge in [0.15, 0.2) is 0 Å². The third-order valence-electron chi connectivity index (χ3n) is 7.10. The molecule has 5 rings (SSSR count). The van der Waals surface area contributed by atoms with Crippen LogP contribution in [0.2, 0.25) is 0 Å². The monoisotopic (exact) mass is 351 g/mol. The van der Waals surface area contributed by atoms with Crippen LogP contribution in [0.3, 0.4) is 0 Å². The zero-order chi connectivity index (χ0) is 17.6. The Kier molecular flexibility index (Phi) is 4.04. The average Bonchev–Trinajstić information content (AvgIpc) is 3.37. The van der Waals surface area contributed by atoms with Crippen LogP contribution in [0.25, 0.3) is 10.9 Å². The van der Waals surface area contributed by atoms with E-state index in [1.807, 2.05) is 0 Å². The number of rotatable bonds is 3. The molecule has 3 fully saturated rings. The molecule has 1 saturated carbocycles. The fourth-order valence-corrected chi connectivity index (χ4v) is 5.68. The van der Waals surface area contributed by atoms with E-state index in [-0.39, 0.29) is 5.54 Å². The molecule has 1 amide bonds. The second-order valence-electron chi connectivity index (χ2n) is 8.46. The number of carbonyl (C=O) groups is 1. The highest BCUT2D eigenvalue weighted by molar-refractivity contribution is 5.89. The second-order valence-corrected chi connectivity index (χ2v) is 8.46. The first-order valence-electron chi connectivity index (χ1n) is 10.4. The van der Waals surface area contributed by atoms with Crippen molar-refractivity contribution in [2.24, 2.45) is 0 Å². The van der Waals surface area contributed by atoms with Crippen LogP contribution < -0.4 is 0 Å². The van der Waals surface area contributed by atoms with Crippen LogP contribution in [0.15, 0.2) is 30.5 Å². The van der Waals surface area contributed by atoms with E-state index < -0.39 is 0 Å². The summed E-state index contributed by atoms with van der Waals surface area (Å²) in [4.78, 5) is 21.6. The van der Waals surface area contributed by atoms with Crippen molar-refractivity contribution in [2.75, 3.05) is 13.1 Å². The number of hydrogen-bond acceptors (Lipinski definition) is 2. The lowest BCUT2D eigenvalue weighted by molar-refractivity contribution is -0.139. The predicted molar refractivity (Wildman–Crippen MR) is 104 cm³/mol. The van der Waals surface area contributed by atoms with Crippen molar-refractivity contribution < 1.29 is 4.79 Å². The molecule has 1 N–H and O–H groups in total. The number of H-pyrrole nitrogens is 1. The quantitative estimate of drug-likeness (QED) is 0.905. The highest BCUT2D eigenvalue weighted by Gasteiger charge is 2.54. The predicted octanol–water partition coefficient (Wildman–Crippen LogP) is 4.07. The molecule has 26 heavy (non-hydrogen) atoms. The van der Waals surface area contributed by atoms with Crippen LogP contribution in [0.5, 0.6) is 0 Å². The van der Waals surface area contributed by atoms with Gasteiger partial charge in [0.1, 0.15) is 5.54 Å². The molecular weight excluding hydrogens is 322 g/mol. The van der Waals surface area contributed by atoms with Gasteiger partial charge in [0.25, 0.3) is 0 Å². The van der Waals surface area contributed by atoms with E-state index in [0.29, 0.717) is 11.9 Å². The smallest absolute Gasteiger partial charge is 0.243 e. The first-order valence-corrected chi connectivity index (χ1v) is 10.4. The lowest BCUT2D eigenvalue weighted by Crippen LogP contribution is -2.51. The summed E-state index contributed by atoms with van der Waals surface area (Å²) in [5.41, 5.74) is 2.29. The van der Waals surface area contributed by atoms with Gasteiger partial charge in [0.05, 0.1) is 0 Å². The fourth-order valence-electron chi connectivity index (χ4n) is 5.68. The summed E-state index contributed by atoms with van der Waals surface area (Å²) in [6.45, 7) is 2.89. The van der Waals surface area contributed by atoms with Gasteiger partial charge in [-0.3, -0.25) is 9.69 Å². The van der Waals surface area contributed by atoms with E-state index in [0.717, 1.165) is 38.9 Å². The van der Waals surface area contributed by atoms with Crippen LogP contribution in [0.1, 0.15) is 56.9 Å². The molecule has 138 valence electrons. The Hall–Kier alpha value is -1.81. The van der Waals surface area contributed by atoms with E-state index in [1.54, 1.807) is 0 Å². The number of benzene rings is 1. The molecular formula is C22H29N3O. The largest absolute Gasteiger partial charge is 0.361 e. The lowest BCUT2D eigenvalue weighted by Gasteiger charge is -2.36. The number of likely N-dealkylation sites (tertiary alicyclic amines) is 2. The van der Waals surface area contributed by atoms with Gasteiger partial charge in [-0.1, -0.05) is 37.5 Å². The van der Waals surface area contributed by atoms with Crippen LogP contribution in [-0.2, 0) is 11.3 Å². The molecule has 1 atom stereocenters. The minimum Gasteiger partial charge on any atom is -0.361 e. The Morgan fingerprint density at radius 3 is 2.77 bits per heavy atom. The van der Waals surface area contributed by atoms with Crippen molar-refractivity contribution in [3.8, 4) is 0 Å². The molecule has 3 aliphatic rings. The van der Waals surface area contributed by atoms with Crippen molar-refractivity contribution >= 4 is 16.8 Å². The zero-order valence-corrected chi connectivity index (χ0v) is 15.5. The number of nitrogens with zero attached hydrogens (tertiary/aromatic N) is 2. The van der Waals surface area contributed by atoms with Gasteiger partial charge >= 0.3 is 0 Å². The summed E-state index contributed by atoms with van der Waals surface area (Å²) in [6, 6.07) is 9.00. The molecule has 1 aliphatic carbocycles. The summed E-state index contributed by atoms with van der Waals surface area (Å²) < 4.78 is 0.